The van der Waals surface area contributed by atoms with Crippen molar-refractivity contribution in [1.29, 1.82) is 5.26 Å². The minimum atomic E-state index is -4.45. The predicted octanol–water partition coefficient (Wildman–Crippen LogP) is 4.28. The SMILES string of the molecule is Cc1ccc(C#N)c(S(=O)(=O)Nc2ccc(-c3nc(NCC(F)(F)F)c4c(C)[nH]nc4n3)cc2)c1. The van der Waals surface area contributed by atoms with Crippen molar-refractivity contribution in [3.05, 3.63) is 59.3 Å². The highest BCUT2D eigenvalue weighted by Crippen LogP contribution is 2.28. The largest absolute Gasteiger partial charge is 0.405 e. The van der Waals surface area contributed by atoms with E-state index < -0.39 is 22.7 Å². The van der Waals surface area contributed by atoms with Crippen LogP contribution >= 0.6 is 0 Å². The molecule has 0 bridgehead atoms. The van der Waals surface area contributed by atoms with Crippen molar-refractivity contribution >= 4 is 32.6 Å². The van der Waals surface area contributed by atoms with Crippen LogP contribution in [-0.4, -0.2) is 41.3 Å². The number of rotatable bonds is 6. The Balaban J connectivity index is 1.65. The number of benzene rings is 2. The number of alkyl halides is 3. The standard InChI is InChI=1S/C22H18F3N7O2S/c1-12-3-4-15(10-26)17(9-12)35(33,34)32-16-7-5-14(6-8-16)19-28-20(27-11-22(23,24)25)18-13(2)30-31-21(18)29-19/h3-9,32H,11H2,1-2H3,(H2,27,28,29,30,31). The highest BCUT2D eigenvalue weighted by Gasteiger charge is 2.28. The first kappa shape index (κ1) is 24.0. The molecule has 2 heterocycles. The summed E-state index contributed by atoms with van der Waals surface area (Å²) in [5.74, 6) is 0.0790. The molecule has 180 valence electrons. The molecule has 4 aromatic rings. The Labute approximate surface area is 198 Å². The number of aromatic amines is 1. The molecule has 0 fully saturated rings. The van der Waals surface area contributed by atoms with Gasteiger partial charge in [-0.1, -0.05) is 6.07 Å². The van der Waals surface area contributed by atoms with Crippen molar-refractivity contribution < 1.29 is 21.6 Å². The van der Waals surface area contributed by atoms with Gasteiger partial charge in [0, 0.05) is 16.9 Å². The first-order chi connectivity index (χ1) is 16.5. The van der Waals surface area contributed by atoms with E-state index in [1.807, 2.05) is 6.07 Å². The van der Waals surface area contributed by atoms with Crippen molar-refractivity contribution in [3.63, 3.8) is 0 Å². The number of nitrogens with zero attached hydrogens (tertiary/aromatic N) is 4. The molecular weight excluding hydrogens is 483 g/mol. The summed E-state index contributed by atoms with van der Waals surface area (Å²) in [5.41, 5.74) is 2.02. The van der Waals surface area contributed by atoms with Crippen LogP contribution in [-0.2, 0) is 10.0 Å². The lowest BCUT2D eigenvalue weighted by atomic mass is 10.2. The molecule has 0 spiro atoms. The Hall–Kier alpha value is -4.18. The normalized spacial score (nSPS) is 11.9. The van der Waals surface area contributed by atoms with E-state index >= 15 is 0 Å². The maximum absolute atomic E-state index is 12.8. The van der Waals surface area contributed by atoms with Gasteiger partial charge >= 0.3 is 6.18 Å². The van der Waals surface area contributed by atoms with Gasteiger partial charge in [-0.15, -0.1) is 0 Å². The molecule has 0 saturated carbocycles. The minimum Gasteiger partial charge on any atom is -0.360 e. The molecule has 2 aromatic carbocycles. The second-order valence-electron chi connectivity index (χ2n) is 7.71. The first-order valence-electron chi connectivity index (χ1n) is 10.1. The minimum absolute atomic E-state index is 0.00889. The summed E-state index contributed by atoms with van der Waals surface area (Å²) >= 11 is 0. The zero-order valence-corrected chi connectivity index (χ0v) is 19.2. The van der Waals surface area contributed by atoms with Crippen LogP contribution in [0.5, 0.6) is 0 Å². The van der Waals surface area contributed by atoms with Gasteiger partial charge in [0.15, 0.2) is 11.5 Å². The Morgan fingerprint density at radius 1 is 1.09 bits per heavy atom. The summed E-state index contributed by atoms with van der Waals surface area (Å²) in [4.78, 5) is 8.39. The van der Waals surface area contributed by atoms with Crippen LogP contribution in [0.15, 0.2) is 47.4 Å². The number of sulfonamides is 1. The lowest BCUT2D eigenvalue weighted by Gasteiger charge is -2.12. The number of fused-ring (bicyclic) bond motifs is 1. The maximum Gasteiger partial charge on any atom is 0.405 e. The lowest BCUT2D eigenvalue weighted by molar-refractivity contribution is -0.115. The summed E-state index contributed by atoms with van der Waals surface area (Å²) in [6, 6.07) is 12.3. The maximum atomic E-state index is 12.8. The number of hydrogen-bond donors (Lipinski definition) is 3. The molecule has 9 nitrogen and oxygen atoms in total. The van der Waals surface area contributed by atoms with E-state index in [9.17, 15) is 26.9 Å². The third-order valence-corrected chi connectivity index (χ3v) is 6.41. The number of H-pyrrole nitrogens is 1. The molecule has 0 atom stereocenters. The fourth-order valence-corrected chi connectivity index (χ4v) is 4.65. The highest BCUT2D eigenvalue weighted by atomic mass is 32.2. The van der Waals surface area contributed by atoms with Crippen LogP contribution in [0.2, 0.25) is 0 Å². The van der Waals surface area contributed by atoms with Crippen LogP contribution in [0.1, 0.15) is 16.8 Å². The monoisotopic (exact) mass is 501 g/mol. The quantitative estimate of drug-likeness (QED) is 0.359. The number of aromatic nitrogens is 4. The molecule has 0 aliphatic rings. The van der Waals surface area contributed by atoms with Gasteiger partial charge in [-0.05, 0) is 55.8 Å². The Morgan fingerprint density at radius 3 is 2.46 bits per heavy atom. The predicted molar refractivity (Wildman–Crippen MR) is 123 cm³/mol. The fraction of sp³-hybridized carbons (Fsp3) is 0.182. The van der Waals surface area contributed by atoms with E-state index in [1.54, 1.807) is 19.9 Å². The van der Waals surface area contributed by atoms with Gasteiger partial charge in [0.05, 0.1) is 10.9 Å². The van der Waals surface area contributed by atoms with Gasteiger partial charge in [0.1, 0.15) is 23.3 Å². The van der Waals surface area contributed by atoms with Gasteiger partial charge in [0.25, 0.3) is 10.0 Å². The number of aryl methyl sites for hydroxylation is 2. The summed E-state index contributed by atoms with van der Waals surface area (Å²) in [6.45, 7) is 2.07. The molecule has 0 amide bonds. The Kier molecular flexibility index (Phi) is 6.08. The van der Waals surface area contributed by atoms with E-state index in [-0.39, 0.29) is 33.4 Å². The molecule has 13 heteroatoms. The summed E-state index contributed by atoms with van der Waals surface area (Å²) in [5, 5.41) is 18.6. The zero-order valence-electron chi connectivity index (χ0n) is 18.4. The van der Waals surface area contributed by atoms with Crippen LogP contribution in [0, 0.1) is 25.2 Å². The third kappa shape index (κ3) is 5.17. The number of nitrogens with one attached hydrogen (secondary N) is 3. The zero-order chi connectivity index (χ0) is 25.4. The molecular formula is C22H18F3N7O2S. The van der Waals surface area contributed by atoms with Gasteiger partial charge < -0.3 is 5.32 Å². The lowest BCUT2D eigenvalue weighted by Crippen LogP contribution is -2.22. The van der Waals surface area contributed by atoms with Crippen LogP contribution in [0.25, 0.3) is 22.4 Å². The molecule has 0 unspecified atom stereocenters. The average molecular weight is 501 g/mol. The first-order valence-corrected chi connectivity index (χ1v) is 11.6. The number of anilines is 2. The number of halogens is 3. The smallest absolute Gasteiger partial charge is 0.360 e. The highest BCUT2D eigenvalue weighted by molar-refractivity contribution is 7.92. The van der Waals surface area contributed by atoms with Crippen molar-refractivity contribution in [1.82, 2.24) is 20.2 Å². The average Bonchev–Trinajstić information content (AvgIpc) is 3.18. The van der Waals surface area contributed by atoms with Crippen molar-refractivity contribution in [2.24, 2.45) is 0 Å². The van der Waals surface area contributed by atoms with E-state index in [1.165, 1.54) is 36.4 Å². The summed E-state index contributed by atoms with van der Waals surface area (Å²) < 4.78 is 66.4. The Bertz CT molecular complexity index is 1560. The molecule has 0 aliphatic carbocycles. The van der Waals surface area contributed by atoms with Gasteiger partial charge in [-0.2, -0.15) is 23.5 Å². The van der Waals surface area contributed by atoms with Crippen molar-refractivity contribution in [3.8, 4) is 17.5 Å². The molecule has 0 saturated heterocycles. The van der Waals surface area contributed by atoms with Crippen molar-refractivity contribution in [2.75, 3.05) is 16.6 Å². The van der Waals surface area contributed by atoms with E-state index in [0.29, 0.717) is 22.2 Å². The van der Waals surface area contributed by atoms with Crippen LogP contribution in [0.4, 0.5) is 24.7 Å². The molecule has 2 aromatic heterocycles. The topological polar surface area (TPSA) is 136 Å². The van der Waals surface area contributed by atoms with Crippen LogP contribution < -0.4 is 10.0 Å². The van der Waals surface area contributed by atoms with E-state index in [0.717, 1.165) is 0 Å². The molecule has 4 rings (SSSR count). The van der Waals surface area contributed by atoms with E-state index in [4.69, 9.17) is 0 Å². The second-order valence-corrected chi connectivity index (χ2v) is 9.36. The van der Waals surface area contributed by atoms with Crippen LogP contribution in [0.3, 0.4) is 0 Å². The number of hydrogen-bond acceptors (Lipinski definition) is 7. The third-order valence-electron chi connectivity index (χ3n) is 4.99. The molecule has 0 radical (unpaired) electrons. The molecule has 35 heavy (non-hydrogen) atoms. The summed E-state index contributed by atoms with van der Waals surface area (Å²) in [7, 11) is -4.04. The van der Waals surface area contributed by atoms with Gasteiger partial charge in [0.2, 0.25) is 0 Å². The second kappa shape index (κ2) is 8.88. The summed E-state index contributed by atoms with van der Waals surface area (Å²) in [6.07, 6.45) is -4.45. The van der Waals surface area contributed by atoms with Gasteiger partial charge in [-0.25, -0.2) is 18.4 Å². The van der Waals surface area contributed by atoms with Gasteiger partial charge in [-0.3, -0.25) is 9.82 Å². The van der Waals surface area contributed by atoms with Crippen molar-refractivity contribution in [2.45, 2.75) is 24.9 Å². The number of nitriles is 1. The van der Waals surface area contributed by atoms with E-state index in [2.05, 4.69) is 30.2 Å². The molecule has 3 N–H and O–H groups in total. The Morgan fingerprint density at radius 2 is 1.80 bits per heavy atom. The molecule has 0 aliphatic heterocycles. The fourth-order valence-electron chi connectivity index (χ4n) is 3.35.